The molecule has 0 amide bonds. The quantitative estimate of drug-likeness (QED) is 0.460. The Hall–Kier alpha value is -2.32. The highest BCUT2D eigenvalue weighted by atomic mass is 16.5. The maximum atomic E-state index is 10.7. The molecule has 1 aliphatic heterocycles. The summed E-state index contributed by atoms with van der Waals surface area (Å²) in [6.07, 6.45) is 12.0. The van der Waals surface area contributed by atoms with Crippen molar-refractivity contribution in [1.29, 1.82) is 0 Å². The number of ether oxygens (including phenoxy) is 1. The fraction of sp³-hybridized carbons (Fsp3) is 0.478. The second kappa shape index (κ2) is 6.89. The third kappa shape index (κ3) is 3.54. The summed E-state index contributed by atoms with van der Waals surface area (Å²) in [5, 5.41) is 10.7. The summed E-state index contributed by atoms with van der Waals surface area (Å²) in [5.41, 5.74) is 2.89. The van der Waals surface area contributed by atoms with Gasteiger partial charge in [0.25, 0.3) is 0 Å². The van der Waals surface area contributed by atoms with Crippen LogP contribution in [0.25, 0.3) is 0 Å². The number of terminal acetylenes is 1. The van der Waals surface area contributed by atoms with E-state index in [2.05, 4.69) is 44.6 Å². The maximum Gasteiger partial charge on any atom is 0.128 e. The molecule has 130 valence electrons. The van der Waals surface area contributed by atoms with Crippen LogP contribution >= 0.6 is 0 Å². The van der Waals surface area contributed by atoms with Gasteiger partial charge in [0.15, 0.2) is 0 Å². The number of hydrogen-bond acceptors (Lipinski definition) is 2. The Balaban J connectivity index is 1.93. The van der Waals surface area contributed by atoms with Crippen LogP contribution in [0.2, 0.25) is 0 Å². The number of unbranched alkanes of at least 4 members (excludes halogenated alkanes) is 2. The molecule has 1 aromatic carbocycles. The fourth-order valence-corrected chi connectivity index (χ4v) is 4.08. The molecule has 0 unspecified atom stereocenters. The molecular formula is C23H26O2. The zero-order valence-corrected chi connectivity index (χ0v) is 15.4. The Labute approximate surface area is 151 Å². The van der Waals surface area contributed by atoms with Crippen LogP contribution in [-0.2, 0) is 0 Å². The zero-order valence-electron chi connectivity index (χ0n) is 15.4. The number of aromatic hydroxyl groups is 1. The third-order valence-electron chi connectivity index (χ3n) is 5.36. The topological polar surface area (TPSA) is 29.5 Å². The SMILES string of the molecule is C#CCCCC#Cc1cc(O)c2c(c1)OC(C)(C)[C@@H]1CC=C(C)C[C@@H]21. The van der Waals surface area contributed by atoms with Crippen molar-refractivity contribution in [1.82, 2.24) is 0 Å². The summed E-state index contributed by atoms with van der Waals surface area (Å²) in [6, 6.07) is 3.76. The maximum absolute atomic E-state index is 10.7. The first-order valence-corrected chi connectivity index (χ1v) is 9.06. The monoisotopic (exact) mass is 334 g/mol. The average Bonchev–Trinajstić information content (AvgIpc) is 2.53. The van der Waals surface area contributed by atoms with Gasteiger partial charge in [0.1, 0.15) is 17.1 Å². The van der Waals surface area contributed by atoms with Gasteiger partial charge in [0.05, 0.1) is 0 Å². The Kier molecular flexibility index (Phi) is 4.82. The van der Waals surface area contributed by atoms with Gasteiger partial charge in [-0.1, -0.05) is 23.5 Å². The number of allylic oxidation sites excluding steroid dienone is 2. The molecule has 1 heterocycles. The smallest absolute Gasteiger partial charge is 0.128 e. The molecule has 2 nitrogen and oxygen atoms in total. The van der Waals surface area contributed by atoms with Crippen molar-refractivity contribution in [2.45, 2.75) is 64.4 Å². The van der Waals surface area contributed by atoms with Crippen molar-refractivity contribution in [2.24, 2.45) is 5.92 Å². The third-order valence-corrected chi connectivity index (χ3v) is 5.36. The van der Waals surface area contributed by atoms with Gasteiger partial charge in [-0.25, -0.2) is 0 Å². The molecule has 1 aliphatic carbocycles. The molecule has 2 atom stereocenters. The van der Waals surface area contributed by atoms with Crippen molar-refractivity contribution in [2.75, 3.05) is 0 Å². The minimum absolute atomic E-state index is 0.250. The van der Waals surface area contributed by atoms with Crippen LogP contribution in [0, 0.1) is 30.1 Å². The lowest BCUT2D eigenvalue weighted by molar-refractivity contribution is 0.00759. The van der Waals surface area contributed by atoms with Crippen molar-refractivity contribution < 1.29 is 9.84 Å². The summed E-state index contributed by atoms with van der Waals surface area (Å²) < 4.78 is 6.31. The molecule has 2 aliphatic rings. The molecule has 3 rings (SSSR count). The van der Waals surface area contributed by atoms with Gasteiger partial charge in [0, 0.05) is 35.8 Å². The van der Waals surface area contributed by atoms with Gasteiger partial charge < -0.3 is 9.84 Å². The molecule has 0 aromatic heterocycles. The zero-order chi connectivity index (χ0) is 18.0. The van der Waals surface area contributed by atoms with E-state index in [-0.39, 0.29) is 5.60 Å². The first-order valence-electron chi connectivity index (χ1n) is 9.06. The van der Waals surface area contributed by atoms with Crippen molar-refractivity contribution >= 4 is 0 Å². The predicted octanol–water partition coefficient (Wildman–Crippen LogP) is 5.16. The number of phenolic OH excluding ortho intramolecular Hbond substituents is 1. The van der Waals surface area contributed by atoms with E-state index in [1.54, 1.807) is 6.07 Å². The van der Waals surface area contributed by atoms with E-state index in [1.807, 2.05) is 6.07 Å². The van der Waals surface area contributed by atoms with Crippen LogP contribution in [-0.4, -0.2) is 10.7 Å². The highest BCUT2D eigenvalue weighted by Crippen LogP contribution is 2.54. The minimum atomic E-state index is -0.250. The van der Waals surface area contributed by atoms with Crippen LogP contribution in [0.15, 0.2) is 23.8 Å². The Morgan fingerprint density at radius 2 is 2.12 bits per heavy atom. The highest BCUT2D eigenvalue weighted by Gasteiger charge is 2.45. The van der Waals surface area contributed by atoms with E-state index < -0.39 is 0 Å². The Bertz CT molecular complexity index is 796. The Morgan fingerprint density at radius 1 is 1.32 bits per heavy atom. The fourth-order valence-electron chi connectivity index (χ4n) is 4.08. The molecule has 0 spiro atoms. The molecular weight excluding hydrogens is 308 g/mol. The molecule has 25 heavy (non-hydrogen) atoms. The van der Waals surface area contributed by atoms with Crippen LogP contribution in [0.4, 0.5) is 0 Å². The van der Waals surface area contributed by atoms with E-state index in [9.17, 15) is 5.11 Å². The number of rotatable bonds is 2. The standard InChI is InChI=1S/C23H26O2/c1-5-6-7-8-9-10-17-14-20(24)22-18-13-16(2)11-12-19(18)23(3,4)25-21(22)15-17/h1,11,14-15,18-19,24H,6-8,12-13H2,2-4H3/t18-,19-/m1/s1. The van der Waals surface area contributed by atoms with Crippen LogP contribution < -0.4 is 4.74 Å². The second-order valence-corrected chi connectivity index (χ2v) is 7.68. The Morgan fingerprint density at radius 3 is 2.88 bits per heavy atom. The van der Waals surface area contributed by atoms with Crippen molar-refractivity contribution in [3.05, 3.63) is 34.9 Å². The summed E-state index contributed by atoms with van der Waals surface area (Å²) >= 11 is 0. The van der Waals surface area contributed by atoms with Crippen LogP contribution in [0.3, 0.4) is 0 Å². The summed E-state index contributed by atoms with van der Waals surface area (Å²) in [7, 11) is 0. The van der Waals surface area contributed by atoms with Crippen LogP contribution in [0.1, 0.15) is 69.9 Å². The first kappa shape index (κ1) is 17.5. The van der Waals surface area contributed by atoms with Gasteiger partial charge in [-0.2, -0.15) is 0 Å². The normalized spacial score (nSPS) is 23.0. The summed E-state index contributed by atoms with van der Waals surface area (Å²) in [4.78, 5) is 0. The average molecular weight is 334 g/mol. The largest absolute Gasteiger partial charge is 0.507 e. The number of fused-ring (bicyclic) bond motifs is 3. The van der Waals surface area contributed by atoms with E-state index in [0.717, 1.165) is 49.0 Å². The summed E-state index contributed by atoms with van der Waals surface area (Å²) in [6.45, 7) is 6.47. The number of phenols is 1. The van der Waals surface area contributed by atoms with Crippen LogP contribution in [0.5, 0.6) is 11.5 Å². The highest BCUT2D eigenvalue weighted by molar-refractivity contribution is 5.56. The van der Waals surface area contributed by atoms with E-state index in [1.165, 1.54) is 5.57 Å². The van der Waals surface area contributed by atoms with E-state index in [0.29, 0.717) is 17.6 Å². The van der Waals surface area contributed by atoms with Gasteiger partial charge in [-0.3, -0.25) is 0 Å². The van der Waals surface area contributed by atoms with Gasteiger partial charge >= 0.3 is 0 Å². The van der Waals surface area contributed by atoms with Crippen molar-refractivity contribution in [3.63, 3.8) is 0 Å². The second-order valence-electron chi connectivity index (χ2n) is 7.68. The molecule has 0 radical (unpaired) electrons. The molecule has 2 heteroatoms. The van der Waals surface area contributed by atoms with Gasteiger partial charge in [0.2, 0.25) is 0 Å². The lowest BCUT2D eigenvalue weighted by atomic mass is 9.67. The molecule has 1 aromatic rings. The number of hydrogen-bond donors (Lipinski definition) is 1. The van der Waals surface area contributed by atoms with Crippen molar-refractivity contribution in [3.8, 4) is 35.7 Å². The van der Waals surface area contributed by atoms with Gasteiger partial charge in [-0.15, -0.1) is 12.3 Å². The van der Waals surface area contributed by atoms with Gasteiger partial charge in [-0.05, 0) is 52.2 Å². The molecule has 1 N–H and O–H groups in total. The molecule has 0 fully saturated rings. The minimum Gasteiger partial charge on any atom is -0.507 e. The van der Waals surface area contributed by atoms with E-state index in [4.69, 9.17) is 11.2 Å². The lowest BCUT2D eigenvalue weighted by Crippen LogP contribution is -2.45. The summed E-state index contributed by atoms with van der Waals surface area (Å²) in [5.74, 6) is 10.7. The molecule has 0 saturated carbocycles. The molecule has 0 bridgehead atoms. The first-order chi connectivity index (χ1) is 11.9. The molecule has 0 saturated heterocycles. The lowest BCUT2D eigenvalue weighted by Gasteiger charge is -2.47. The predicted molar refractivity (Wildman–Crippen MR) is 102 cm³/mol. The number of benzene rings is 1. The van der Waals surface area contributed by atoms with E-state index >= 15 is 0 Å².